The number of benzene rings is 2. The molecule has 1 fully saturated rings. The molecule has 0 radical (unpaired) electrons. The van der Waals surface area contributed by atoms with E-state index < -0.39 is 18.5 Å². The molecular weight excluding hydrogens is 360 g/mol. The normalized spacial score (nSPS) is 13.6. The Morgan fingerprint density at radius 1 is 1.00 bits per heavy atom. The highest BCUT2D eigenvalue weighted by Gasteiger charge is 2.30. The monoisotopic (exact) mass is 380 g/mol. The van der Waals surface area contributed by atoms with Crippen LogP contribution in [0, 0.1) is 13.8 Å². The zero-order valence-electron chi connectivity index (χ0n) is 15.7. The number of carbonyl (C=O) groups is 4. The molecule has 0 aromatic heterocycles. The molecule has 3 amide bonds. The summed E-state index contributed by atoms with van der Waals surface area (Å²) in [7, 11) is 0. The SMILES string of the molecule is Cc1ccc(NC(=O)COC(=O)c2ccc(N3C(=O)CCC3=O)cc2)c(C)c1. The molecule has 2 aromatic carbocycles. The quantitative estimate of drug-likeness (QED) is 0.636. The van der Waals surface area contributed by atoms with Gasteiger partial charge in [-0.1, -0.05) is 17.7 Å². The zero-order valence-corrected chi connectivity index (χ0v) is 15.7. The Hall–Kier alpha value is -3.48. The van der Waals surface area contributed by atoms with Crippen LogP contribution in [0.1, 0.15) is 34.3 Å². The van der Waals surface area contributed by atoms with Crippen molar-refractivity contribution in [2.75, 3.05) is 16.8 Å². The van der Waals surface area contributed by atoms with E-state index in [1.165, 1.54) is 24.3 Å². The Morgan fingerprint density at radius 2 is 1.64 bits per heavy atom. The van der Waals surface area contributed by atoms with Gasteiger partial charge in [0.15, 0.2) is 6.61 Å². The fraction of sp³-hybridized carbons (Fsp3) is 0.238. The molecule has 1 aliphatic heterocycles. The molecular formula is C21H20N2O5. The van der Waals surface area contributed by atoms with E-state index in [-0.39, 0.29) is 30.2 Å². The number of anilines is 2. The molecule has 144 valence electrons. The first-order valence-corrected chi connectivity index (χ1v) is 8.85. The molecule has 0 unspecified atom stereocenters. The average molecular weight is 380 g/mol. The summed E-state index contributed by atoms with van der Waals surface area (Å²) in [5.41, 5.74) is 3.30. The van der Waals surface area contributed by atoms with E-state index in [0.29, 0.717) is 11.4 Å². The van der Waals surface area contributed by atoms with Crippen LogP contribution >= 0.6 is 0 Å². The minimum absolute atomic E-state index is 0.193. The van der Waals surface area contributed by atoms with Gasteiger partial charge in [0.05, 0.1) is 11.3 Å². The first kappa shape index (κ1) is 19.3. The molecule has 1 N–H and O–H groups in total. The Labute approximate surface area is 162 Å². The second-order valence-corrected chi connectivity index (χ2v) is 6.61. The third kappa shape index (κ3) is 4.25. The van der Waals surface area contributed by atoms with Crippen LogP contribution in [0.4, 0.5) is 11.4 Å². The fourth-order valence-corrected chi connectivity index (χ4v) is 2.97. The van der Waals surface area contributed by atoms with Crippen molar-refractivity contribution in [3.63, 3.8) is 0 Å². The van der Waals surface area contributed by atoms with E-state index in [0.717, 1.165) is 16.0 Å². The topological polar surface area (TPSA) is 92.8 Å². The van der Waals surface area contributed by atoms with Gasteiger partial charge in [-0.15, -0.1) is 0 Å². The first-order valence-electron chi connectivity index (χ1n) is 8.85. The number of aryl methyl sites for hydroxylation is 2. The summed E-state index contributed by atoms with van der Waals surface area (Å²) >= 11 is 0. The fourth-order valence-electron chi connectivity index (χ4n) is 2.97. The summed E-state index contributed by atoms with van der Waals surface area (Å²) < 4.78 is 5.03. The Kier molecular flexibility index (Phi) is 5.54. The lowest BCUT2D eigenvalue weighted by molar-refractivity contribution is -0.121. The predicted molar refractivity (Wildman–Crippen MR) is 103 cm³/mol. The minimum atomic E-state index is -0.665. The number of hydrogen-bond acceptors (Lipinski definition) is 5. The van der Waals surface area contributed by atoms with Gasteiger partial charge in [0.1, 0.15) is 0 Å². The first-order chi connectivity index (χ1) is 13.3. The molecule has 0 bridgehead atoms. The molecule has 0 atom stereocenters. The number of rotatable bonds is 5. The maximum absolute atomic E-state index is 12.1. The Balaban J connectivity index is 1.56. The maximum atomic E-state index is 12.1. The van der Waals surface area contributed by atoms with Gasteiger partial charge in [-0.2, -0.15) is 0 Å². The van der Waals surface area contributed by atoms with E-state index in [2.05, 4.69) is 5.32 Å². The molecule has 2 aromatic rings. The van der Waals surface area contributed by atoms with E-state index in [4.69, 9.17) is 4.74 Å². The van der Waals surface area contributed by atoms with E-state index in [9.17, 15) is 19.2 Å². The van der Waals surface area contributed by atoms with Crippen LogP contribution in [0.2, 0.25) is 0 Å². The van der Waals surface area contributed by atoms with Gasteiger partial charge < -0.3 is 10.1 Å². The van der Waals surface area contributed by atoms with E-state index in [1.807, 2.05) is 26.0 Å². The third-order valence-electron chi connectivity index (χ3n) is 4.40. The number of hydrogen-bond donors (Lipinski definition) is 1. The smallest absolute Gasteiger partial charge is 0.338 e. The van der Waals surface area contributed by atoms with Gasteiger partial charge in [0.25, 0.3) is 5.91 Å². The van der Waals surface area contributed by atoms with Crippen LogP contribution in [-0.2, 0) is 19.1 Å². The van der Waals surface area contributed by atoms with Crippen LogP contribution in [-0.4, -0.2) is 30.3 Å². The van der Waals surface area contributed by atoms with Crippen LogP contribution in [0.25, 0.3) is 0 Å². The highest BCUT2D eigenvalue weighted by Crippen LogP contribution is 2.23. The summed E-state index contributed by atoms with van der Waals surface area (Å²) in [6.07, 6.45) is 0.385. The van der Waals surface area contributed by atoms with Gasteiger partial charge in [-0.05, 0) is 49.7 Å². The largest absolute Gasteiger partial charge is 0.452 e. The maximum Gasteiger partial charge on any atom is 0.338 e. The van der Waals surface area contributed by atoms with Gasteiger partial charge in [-0.3, -0.25) is 19.3 Å². The minimum Gasteiger partial charge on any atom is -0.452 e. The number of carbonyl (C=O) groups excluding carboxylic acids is 4. The number of nitrogens with zero attached hydrogens (tertiary/aromatic N) is 1. The highest BCUT2D eigenvalue weighted by molar-refractivity contribution is 6.19. The summed E-state index contributed by atoms with van der Waals surface area (Å²) in [5, 5.41) is 2.70. The molecule has 3 rings (SSSR count). The van der Waals surface area contributed by atoms with Crippen LogP contribution in [0.3, 0.4) is 0 Å². The molecule has 1 heterocycles. The molecule has 0 spiro atoms. The van der Waals surface area contributed by atoms with Crippen molar-refractivity contribution in [1.82, 2.24) is 0 Å². The van der Waals surface area contributed by atoms with Crippen molar-refractivity contribution in [3.05, 3.63) is 59.2 Å². The van der Waals surface area contributed by atoms with Crippen LogP contribution < -0.4 is 10.2 Å². The van der Waals surface area contributed by atoms with E-state index >= 15 is 0 Å². The molecule has 0 aliphatic carbocycles. The molecule has 7 nitrogen and oxygen atoms in total. The zero-order chi connectivity index (χ0) is 20.3. The van der Waals surface area contributed by atoms with Crippen molar-refractivity contribution in [3.8, 4) is 0 Å². The van der Waals surface area contributed by atoms with Crippen molar-refractivity contribution < 1.29 is 23.9 Å². The number of amides is 3. The van der Waals surface area contributed by atoms with Gasteiger partial charge >= 0.3 is 5.97 Å². The lowest BCUT2D eigenvalue weighted by Crippen LogP contribution is -2.28. The number of esters is 1. The van der Waals surface area contributed by atoms with Crippen LogP contribution in [0.15, 0.2) is 42.5 Å². The van der Waals surface area contributed by atoms with Gasteiger partial charge in [0.2, 0.25) is 11.8 Å². The standard InChI is InChI=1S/C21H20N2O5/c1-13-3-8-17(14(2)11-13)22-18(24)12-28-21(27)15-4-6-16(7-5-15)23-19(25)9-10-20(23)26/h3-8,11H,9-10,12H2,1-2H3,(H,22,24). The summed E-state index contributed by atoms with van der Waals surface area (Å²) in [5.74, 6) is -1.63. The number of imide groups is 1. The average Bonchev–Trinajstić information content (AvgIpc) is 3.00. The van der Waals surface area contributed by atoms with Crippen molar-refractivity contribution in [1.29, 1.82) is 0 Å². The van der Waals surface area contributed by atoms with E-state index in [1.54, 1.807) is 6.07 Å². The second kappa shape index (κ2) is 8.04. The Morgan fingerprint density at radius 3 is 2.25 bits per heavy atom. The molecule has 28 heavy (non-hydrogen) atoms. The Bertz CT molecular complexity index is 934. The lowest BCUT2D eigenvalue weighted by atomic mass is 10.1. The summed E-state index contributed by atoms with van der Waals surface area (Å²) in [4.78, 5) is 48.7. The molecule has 0 saturated carbocycles. The van der Waals surface area contributed by atoms with Crippen molar-refractivity contribution >= 4 is 35.1 Å². The second-order valence-electron chi connectivity index (χ2n) is 6.61. The predicted octanol–water partition coefficient (Wildman–Crippen LogP) is 2.75. The summed E-state index contributed by atoms with van der Waals surface area (Å²) in [6, 6.07) is 11.5. The van der Waals surface area contributed by atoms with Gasteiger partial charge in [-0.25, -0.2) is 4.79 Å². The van der Waals surface area contributed by atoms with Crippen LogP contribution in [0.5, 0.6) is 0 Å². The number of ether oxygens (including phenoxy) is 1. The highest BCUT2D eigenvalue weighted by atomic mass is 16.5. The lowest BCUT2D eigenvalue weighted by Gasteiger charge is -2.14. The van der Waals surface area contributed by atoms with Crippen molar-refractivity contribution in [2.45, 2.75) is 26.7 Å². The molecule has 7 heteroatoms. The molecule has 1 aliphatic rings. The molecule has 1 saturated heterocycles. The summed E-state index contributed by atoms with van der Waals surface area (Å²) in [6.45, 7) is 3.42. The number of nitrogens with one attached hydrogen (secondary N) is 1. The van der Waals surface area contributed by atoms with Crippen molar-refractivity contribution in [2.24, 2.45) is 0 Å². The third-order valence-corrected chi connectivity index (χ3v) is 4.40. The van der Waals surface area contributed by atoms with Gasteiger partial charge in [0, 0.05) is 18.5 Å².